The van der Waals surface area contributed by atoms with E-state index in [-0.39, 0.29) is 0 Å². The van der Waals surface area contributed by atoms with E-state index in [0.717, 1.165) is 29.9 Å². The van der Waals surface area contributed by atoms with E-state index in [4.69, 9.17) is 0 Å². The van der Waals surface area contributed by atoms with Gasteiger partial charge < -0.3 is 10.7 Å². The molecule has 0 unspecified atom stereocenters. The van der Waals surface area contributed by atoms with E-state index in [1.165, 1.54) is 19.3 Å². The third-order valence-corrected chi connectivity index (χ3v) is 3.32. The van der Waals surface area contributed by atoms with Crippen LogP contribution in [0.2, 0.25) is 0 Å². The molecule has 94 valence electrons. The maximum absolute atomic E-state index is 4.45. The number of nitrogens with one attached hydrogen (secondary N) is 2. The van der Waals surface area contributed by atoms with Gasteiger partial charge in [0.05, 0.1) is 0 Å². The third kappa shape index (κ3) is 3.47. The fraction of sp³-hybridized carbons (Fsp3) is 0.636. The Kier molecular flexibility index (Phi) is 4.44. The molecule has 0 saturated carbocycles. The van der Waals surface area contributed by atoms with E-state index in [2.05, 4.69) is 25.7 Å². The molecule has 0 atom stereocenters. The van der Waals surface area contributed by atoms with Crippen molar-refractivity contribution in [1.29, 1.82) is 0 Å². The molecule has 1 aromatic heterocycles. The first-order valence-corrected chi connectivity index (χ1v) is 7.16. The number of aromatic nitrogens is 2. The van der Waals surface area contributed by atoms with Crippen LogP contribution in [0.15, 0.2) is 11.2 Å². The summed E-state index contributed by atoms with van der Waals surface area (Å²) in [5.41, 5.74) is 3.36. The van der Waals surface area contributed by atoms with Crippen LogP contribution in [0.5, 0.6) is 0 Å². The fourth-order valence-electron chi connectivity index (χ4n) is 1.87. The fourth-order valence-corrected chi connectivity index (χ4v) is 2.25. The van der Waals surface area contributed by atoms with E-state index >= 15 is 0 Å². The topological polar surface area (TPSA) is 53.1 Å². The van der Waals surface area contributed by atoms with Crippen LogP contribution >= 0.6 is 11.8 Å². The van der Waals surface area contributed by atoms with Crippen molar-refractivity contribution in [1.82, 2.24) is 15.0 Å². The zero-order valence-corrected chi connectivity index (χ0v) is 11.2. The summed E-state index contributed by atoms with van der Waals surface area (Å²) in [6, 6.07) is 1.94. The number of anilines is 2. The molecule has 2 heterocycles. The summed E-state index contributed by atoms with van der Waals surface area (Å²) in [5.74, 6) is 1.72. The molecule has 2 N–H and O–H groups in total. The van der Waals surface area contributed by atoms with Crippen LogP contribution in [0.25, 0.3) is 0 Å². The highest BCUT2D eigenvalue weighted by atomic mass is 32.2. The van der Waals surface area contributed by atoms with Gasteiger partial charge >= 0.3 is 0 Å². The molecule has 0 bridgehead atoms. The van der Waals surface area contributed by atoms with Crippen LogP contribution in [0.1, 0.15) is 19.3 Å². The molecular formula is C11H19N5S. The third-order valence-electron chi connectivity index (χ3n) is 2.77. The molecule has 0 amide bonds. The van der Waals surface area contributed by atoms with Gasteiger partial charge in [-0.05, 0) is 19.1 Å². The van der Waals surface area contributed by atoms with Crippen molar-refractivity contribution >= 4 is 23.4 Å². The van der Waals surface area contributed by atoms with Gasteiger partial charge in [0.2, 0.25) is 0 Å². The Hall–Kier alpha value is -1.01. The molecule has 1 saturated heterocycles. The Bertz CT molecular complexity index is 343. The quantitative estimate of drug-likeness (QED) is 0.633. The minimum atomic E-state index is 0.788. The molecule has 5 nitrogen and oxygen atoms in total. The molecule has 0 spiro atoms. The zero-order valence-electron chi connectivity index (χ0n) is 10.4. The Morgan fingerprint density at radius 2 is 1.88 bits per heavy atom. The Morgan fingerprint density at radius 3 is 2.53 bits per heavy atom. The number of rotatable bonds is 4. The van der Waals surface area contributed by atoms with Crippen LogP contribution in [0.4, 0.5) is 11.6 Å². The highest BCUT2D eigenvalue weighted by Gasteiger charge is 2.11. The summed E-state index contributed by atoms with van der Waals surface area (Å²) in [4.78, 5) is 8.80. The first-order valence-electron chi connectivity index (χ1n) is 5.94. The van der Waals surface area contributed by atoms with Crippen LogP contribution in [0.3, 0.4) is 0 Å². The lowest BCUT2D eigenvalue weighted by molar-refractivity contribution is 0.272. The van der Waals surface area contributed by atoms with E-state index in [1.807, 2.05) is 19.4 Å². The average molecular weight is 253 g/mol. The van der Waals surface area contributed by atoms with Crippen molar-refractivity contribution in [2.45, 2.75) is 24.4 Å². The predicted octanol–water partition coefficient (Wildman–Crippen LogP) is 2.05. The molecule has 1 aliphatic heterocycles. The molecule has 6 heteroatoms. The van der Waals surface area contributed by atoms with E-state index in [9.17, 15) is 0 Å². The van der Waals surface area contributed by atoms with E-state index in [1.54, 1.807) is 11.8 Å². The lowest BCUT2D eigenvalue weighted by Crippen LogP contribution is -2.35. The molecule has 1 aromatic rings. The number of hydrogen-bond donors (Lipinski definition) is 2. The van der Waals surface area contributed by atoms with E-state index < -0.39 is 0 Å². The maximum Gasteiger partial charge on any atom is 0.191 e. The van der Waals surface area contributed by atoms with Crippen molar-refractivity contribution in [2.24, 2.45) is 0 Å². The summed E-state index contributed by atoms with van der Waals surface area (Å²) in [7, 11) is 1.87. The van der Waals surface area contributed by atoms with Crippen LogP contribution < -0.4 is 10.7 Å². The SMILES string of the molecule is CNc1cc(NN2CCCCC2)nc(SC)n1. The van der Waals surface area contributed by atoms with Gasteiger partial charge in [0.25, 0.3) is 0 Å². The number of hydrogen-bond acceptors (Lipinski definition) is 6. The van der Waals surface area contributed by atoms with Gasteiger partial charge in [-0.25, -0.2) is 15.0 Å². The average Bonchev–Trinajstić information content (AvgIpc) is 2.39. The normalized spacial score (nSPS) is 16.8. The van der Waals surface area contributed by atoms with Gasteiger partial charge in [-0.2, -0.15) is 0 Å². The smallest absolute Gasteiger partial charge is 0.191 e. The highest BCUT2D eigenvalue weighted by molar-refractivity contribution is 7.98. The predicted molar refractivity (Wildman–Crippen MR) is 72.4 cm³/mol. The molecule has 0 aromatic carbocycles. The summed E-state index contributed by atoms with van der Waals surface area (Å²) >= 11 is 1.55. The van der Waals surface area contributed by atoms with Crippen molar-refractivity contribution in [3.05, 3.63) is 6.07 Å². The second-order valence-corrected chi connectivity index (χ2v) is 4.81. The van der Waals surface area contributed by atoms with Crippen LogP contribution in [0, 0.1) is 0 Å². The van der Waals surface area contributed by atoms with E-state index in [0.29, 0.717) is 0 Å². The Morgan fingerprint density at radius 1 is 1.18 bits per heavy atom. The second-order valence-electron chi connectivity index (χ2n) is 4.03. The maximum atomic E-state index is 4.45. The van der Waals surface area contributed by atoms with Crippen LogP contribution in [-0.4, -0.2) is 41.4 Å². The van der Waals surface area contributed by atoms with Crippen molar-refractivity contribution in [3.63, 3.8) is 0 Å². The van der Waals surface area contributed by atoms with Gasteiger partial charge in [0.1, 0.15) is 11.6 Å². The number of hydrazine groups is 1. The molecule has 17 heavy (non-hydrogen) atoms. The van der Waals surface area contributed by atoms with Crippen molar-refractivity contribution in [2.75, 3.05) is 37.1 Å². The van der Waals surface area contributed by atoms with Gasteiger partial charge in [0, 0.05) is 26.2 Å². The van der Waals surface area contributed by atoms with Crippen molar-refractivity contribution < 1.29 is 0 Å². The summed E-state index contributed by atoms with van der Waals surface area (Å²) < 4.78 is 0. The number of thioether (sulfide) groups is 1. The molecule has 2 rings (SSSR count). The summed E-state index contributed by atoms with van der Waals surface area (Å²) in [6.07, 6.45) is 5.83. The largest absolute Gasteiger partial charge is 0.373 e. The minimum absolute atomic E-state index is 0.788. The first kappa shape index (κ1) is 12.4. The van der Waals surface area contributed by atoms with Gasteiger partial charge in [0.15, 0.2) is 5.16 Å². The minimum Gasteiger partial charge on any atom is -0.373 e. The summed E-state index contributed by atoms with van der Waals surface area (Å²) in [5, 5.41) is 6.08. The lowest BCUT2D eigenvalue weighted by Gasteiger charge is -2.27. The van der Waals surface area contributed by atoms with Crippen LogP contribution in [-0.2, 0) is 0 Å². The highest BCUT2D eigenvalue weighted by Crippen LogP contribution is 2.18. The summed E-state index contributed by atoms with van der Waals surface area (Å²) in [6.45, 7) is 2.18. The lowest BCUT2D eigenvalue weighted by atomic mass is 10.2. The molecule has 1 aliphatic rings. The van der Waals surface area contributed by atoms with Gasteiger partial charge in [-0.3, -0.25) is 0 Å². The van der Waals surface area contributed by atoms with Gasteiger partial charge in [-0.15, -0.1) is 0 Å². The molecule has 1 fully saturated rings. The number of nitrogens with zero attached hydrogens (tertiary/aromatic N) is 3. The molecular weight excluding hydrogens is 234 g/mol. The first-order chi connectivity index (χ1) is 8.31. The van der Waals surface area contributed by atoms with Gasteiger partial charge in [-0.1, -0.05) is 18.2 Å². The number of piperidine rings is 1. The molecule has 0 radical (unpaired) electrons. The zero-order chi connectivity index (χ0) is 12.1. The molecule has 0 aliphatic carbocycles. The van der Waals surface area contributed by atoms with Crippen molar-refractivity contribution in [3.8, 4) is 0 Å². The second kappa shape index (κ2) is 6.07. The Labute approximate surface area is 106 Å². The standard InChI is InChI=1S/C11H19N5S/c1-12-9-8-10(14-11(13-9)17-2)15-16-6-4-3-5-7-16/h8H,3-7H2,1-2H3,(H2,12,13,14,15). The monoisotopic (exact) mass is 253 g/mol. The Balaban J connectivity index is 2.07.